The number of hydrogen-bond acceptors (Lipinski definition) is 4. The van der Waals surface area contributed by atoms with Gasteiger partial charge in [-0.25, -0.2) is 0 Å². The highest BCUT2D eigenvalue weighted by Gasteiger charge is 2.17. The fourth-order valence-electron chi connectivity index (χ4n) is 4.09. The Morgan fingerprint density at radius 3 is 1.42 bits per heavy atom. The summed E-state index contributed by atoms with van der Waals surface area (Å²) in [5.74, 6) is 0.972. The molecule has 2 aromatic carbocycles. The lowest BCUT2D eigenvalue weighted by Gasteiger charge is -2.17. The second-order valence-corrected chi connectivity index (χ2v) is 11.6. The van der Waals surface area contributed by atoms with Gasteiger partial charge in [0.25, 0.3) is 11.8 Å². The van der Waals surface area contributed by atoms with Crippen molar-refractivity contribution in [3.05, 3.63) is 59.7 Å². The van der Waals surface area contributed by atoms with Crippen molar-refractivity contribution in [3.8, 4) is 0 Å². The third-order valence-corrected chi connectivity index (χ3v) is 9.16. The van der Waals surface area contributed by atoms with Gasteiger partial charge in [-0.2, -0.15) is 0 Å². The minimum absolute atomic E-state index is 0.0302. The molecule has 0 bridgehead atoms. The summed E-state index contributed by atoms with van der Waals surface area (Å²) in [7, 11) is 3.06. The molecule has 2 aromatic rings. The van der Waals surface area contributed by atoms with Crippen LogP contribution in [0.2, 0.25) is 0 Å². The van der Waals surface area contributed by atoms with E-state index < -0.39 is 0 Å². The van der Waals surface area contributed by atoms with E-state index in [0.717, 1.165) is 35.5 Å². The fraction of sp³-hybridized carbons (Fsp3) is 0.533. The third kappa shape index (κ3) is 10.2. The van der Waals surface area contributed by atoms with E-state index in [1.807, 2.05) is 48.5 Å². The smallest absolute Gasteiger partial charge is 0.252 e. The molecule has 0 spiro atoms. The first kappa shape index (κ1) is 30.3. The zero-order valence-corrected chi connectivity index (χ0v) is 24.1. The van der Waals surface area contributed by atoms with Crippen molar-refractivity contribution in [1.82, 2.24) is 10.6 Å². The van der Waals surface area contributed by atoms with Gasteiger partial charge in [-0.3, -0.25) is 9.59 Å². The van der Waals surface area contributed by atoms with E-state index in [1.54, 1.807) is 0 Å². The molecule has 0 aliphatic rings. The normalized spacial score (nSPS) is 12.7. The first-order valence-corrected chi connectivity index (χ1v) is 15.8. The highest BCUT2D eigenvalue weighted by Crippen LogP contribution is 2.40. The van der Waals surface area contributed by atoms with E-state index in [0.29, 0.717) is 36.1 Å². The predicted octanol–water partition coefficient (Wildman–Crippen LogP) is 8.38. The van der Waals surface area contributed by atoms with E-state index >= 15 is 0 Å². The van der Waals surface area contributed by atoms with Gasteiger partial charge in [0.2, 0.25) is 0 Å². The van der Waals surface area contributed by atoms with Crippen LogP contribution in [0, 0.1) is 11.8 Å². The van der Waals surface area contributed by atoms with E-state index in [-0.39, 0.29) is 11.8 Å². The monoisotopic (exact) mass is 528 g/mol. The molecule has 0 saturated heterocycles. The van der Waals surface area contributed by atoms with Crippen LogP contribution < -0.4 is 10.6 Å². The van der Waals surface area contributed by atoms with Crippen molar-refractivity contribution >= 4 is 33.4 Å². The number of unbranched alkanes of at least 4 members (excludes halogenated alkanes) is 2. The Balaban J connectivity index is 2.02. The van der Waals surface area contributed by atoms with Gasteiger partial charge in [0, 0.05) is 22.9 Å². The number of rotatable bonds is 17. The lowest BCUT2D eigenvalue weighted by Crippen LogP contribution is -2.29. The van der Waals surface area contributed by atoms with E-state index in [1.165, 1.54) is 47.3 Å². The average Bonchev–Trinajstić information content (AvgIpc) is 2.92. The highest BCUT2D eigenvalue weighted by atomic mass is 33.1. The Kier molecular flexibility index (Phi) is 14.7. The third-order valence-electron chi connectivity index (χ3n) is 6.67. The molecular weight excluding hydrogens is 484 g/mol. The van der Waals surface area contributed by atoms with Crippen molar-refractivity contribution in [2.24, 2.45) is 11.8 Å². The van der Waals surface area contributed by atoms with Crippen molar-refractivity contribution in [1.29, 1.82) is 0 Å². The first-order chi connectivity index (χ1) is 17.5. The highest BCUT2D eigenvalue weighted by molar-refractivity contribution is 8.76. The van der Waals surface area contributed by atoms with Crippen molar-refractivity contribution in [2.75, 3.05) is 13.1 Å². The zero-order valence-electron chi connectivity index (χ0n) is 22.5. The van der Waals surface area contributed by atoms with Crippen LogP contribution >= 0.6 is 21.6 Å². The molecule has 0 aliphatic carbocycles. The fourth-order valence-corrected chi connectivity index (χ4v) is 6.45. The summed E-state index contributed by atoms with van der Waals surface area (Å²) in [6.07, 6.45) is 9.19. The SMILES string of the molecule is CCCCC(CC)CNC(=O)c1ccccc1SSc1ccccc1C(=O)NCC(CC)CCCC. The molecule has 4 nitrogen and oxygen atoms in total. The van der Waals surface area contributed by atoms with Gasteiger partial charge in [-0.15, -0.1) is 0 Å². The Morgan fingerprint density at radius 1 is 0.667 bits per heavy atom. The largest absolute Gasteiger partial charge is 0.352 e. The molecule has 0 aliphatic heterocycles. The maximum absolute atomic E-state index is 13.0. The molecule has 36 heavy (non-hydrogen) atoms. The zero-order chi connectivity index (χ0) is 26.2. The Hall–Kier alpha value is -1.92. The van der Waals surface area contributed by atoms with Crippen LogP contribution in [0.25, 0.3) is 0 Å². The van der Waals surface area contributed by atoms with Crippen LogP contribution in [0.15, 0.2) is 58.3 Å². The number of nitrogens with one attached hydrogen (secondary N) is 2. The van der Waals surface area contributed by atoms with Crippen LogP contribution in [0.5, 0.6) is 0 Å². The summed E-state index contributed by atoms with van der Waals surface area (Å²) in [5.41, 5.74) is 1.37. The predicted molar refractivity (Wildman–Crippen MR) is 156 cm³/mol. The van der Waals surface area contributed by atoms with E-state index in [4.69, 9.17) is 0 Å². The van der Waals surface area contributed by atoms with Gasteiger partial charge < -0.3 is 10.6 Å². The lowest BCUT2D eigenvalue weighted by molar-refractivity contribution is 0.0935. The summed E-state index contributed by atoms with van der Waals surface area (Å²) in [5, 5.41) is 6.30. The molecule has 0 saturated carbocycles. The molecule has 0 heterocycles. The van der Waals surface area contributed by atoms with Gasteiger partial charge in [-0.1, -0.05) is 112 Å². The molecule has 0 radical (unpaired) electrons. The van der Waals surface area contributed by atoms with Crippen LogP contribution in [0.3, 0.4) is 0 Å². The summed E-state index contributed by atoms with van der Waals surface area (Å²) in [6, 6.07) is 15.4. The minimum atomic E-state index is -0.0302. The number of carbonyl (C=O) groups is 2. The topological polar surface area (TPSA) is 58.2 Å². The van der Waals surface area contributed by atoms with Crippen molar-refractivity contribution in [3.63, 3.8) is 0 Å². The summed E-state index contributed by atoms with van der Waals surface area (Å²) in [4.78, 5) is 27.8. The van der Waals surface area contributed by atoms with Gasteiger partial charge in [-0.05, 0) is 48.9 Å². The number of carbonyl (C=O) groups excluding carboxylic acids is 2. The molecule has 2 amide bonds. The molecule has 6 heteroatoms. The number of amides is 2. The molecular formula is C30H44N2O2S2. The van der Waals surface area contributed by atoms with Crippen LogP contribution in [0.4, 0.5) is 0 Å². The van der Waals surface area contributed by atoms with Gasteiger partial charge in [0.15, 0.2) is 0 Å². The summed E-state index contributed by atoms with van der Waals surface area (Å²) < 4.78 is 0. The number of benzene rings is 2. The Labute approximate surface area is 226 Å². The van der Waals surface area contributed by atoms with Gasteiger partial charge >= 0.3 is 0 Å². The molecule has 2 N–H and O–H groups in total. The second-order valence-electron chi connectivity index (χ2n) is 9.41. The summed E-state index contributed by atoms with van der Waals surface area (Å²) in [6.45, 7) is 10.2. The molecule has 198 valence electrons. The van der Waals surface area contributed by atoms with E-state index in [9.17, 15) is 9.59 Å². The van der Waals surface area contributed by atoms with Crippen LogP contribution in [-0.2, 0) is 0 Å². The first-order valence-electron chi connectivity index (χ1n) is 13.6. The maximum Gasteiger partial charge on any atom is 0.252 e. The van der Waals surface area contributed by atoms with Gasteiger partial charge in [0.05, 0.1) is 11.1 Å². The van der Waals surface area contributed by atoms with Crippen LogP contribution in [0.1, 0.15) is 99.8 Å². The van der Waals surface area contributed by atoms with Crippen molar-refractivity contribution < 1.29 is 9.59 Å². The Bertz CT molecular complexity index is 859. The minimum Gasteiger partial charge on any atom is -0.352 e. The molecule has 2 atom stereocenters. The van der Waals surface area contributed by atoms with Crippen LogP contribution in [-0.4, -0.2) is 24.9 Å². The quantitative estimate of drug-likeness (QED) is 0.202. The lowest BCUT2D eigenvalue weighted by atomic mass is 9.99. The molecule has 2 rings (SSSR count). The standard InChI is InChI=1S/C30H44N2O2S2/c1-5-9-15-23(7-3)21-31-29(33)25-17-11-13-19-27(25)35-36-28-20-14-12-18-26(28)30(34)32-22-24(8-4)16-10-6-2/h11-14,17-20,23-24H,5-10,15-16,21-22H2,1-4H3,(H,31,33)(H,32,34). The van der Waals surface area contributed by atoms with Gasteiger partial charge in [0.1, 0.15) is 0 Å². The second kappa shape index (κ2) is 17.5. The number of hydrogen-bond donors (Lipinski definition) is 2. The average molecular weight is 529 g/mol. The van der Waals surface area contributed by atoms with Crippen molar-refractivity contribution in [2.45, 2.75) is 88.9 Å². The van der Waals surface area contributed by atoms with E-state index in [2.05, 4.69) is 38.3 Å². The molecule has 0 fully saturated rings. The maximum atomic E-state index is 13.0. The summed E-state index contributed by atoms with van der Waals surface area (Å²) >= 11 is 0. The molecule has 0 aromatic heterocycles. The molecule has 2 unspecified atom stereocenters. The Morgan fingerprint density at radius 2 is 1.06 bits per heavy atom.